The number of likely N-dealkylation sites (tertiary alicyclic amines) is 1. The van der Waals surface area contributed by atoms with Gasteiger partial charge in [-0.3, -0.25) is 4.90 Å². The lowest BCUT2D eigenvalue weighted by molar-refractivity contribution is 0.166. The zero-order chi connectivity index (χ0) is 14.5. The van der Waals surface area contributed by atoms with Crippen molar-refractivity contribution in [3.8, 4) is 0 Å². The van der Waals surface area contributed by atoms with Gasteiger partial charge < -0.3 is 5.32 Å². The van der Waals surface area contributed by atoms with Crippen molar-refractivity contribution < 1.29 is 0 Å². The van der Waals surface area contributed by atoms with Gasteiger partial charge in [0.15, 0.2) is 0 Å². The Balaban J connectivity index is 1.59. The van der Waals surface area contributed by atoms with Crippen molar-refractivity contribution in [3.05, 3.63) is 35.2 Å². The van der Waals surface area contributed by atoms with E-state index in [-0.39, 0.29) is 0 Å². The van der Waals surface area contributed by atoms with Crippen molar-refractivity contribution >= 4 is 21.4 Å². The molecular formula is C18H26N2S. The summed E-state index contributed by atoms with van der Waals surface area (Å²) in [5.41, 5.74) is 1.51. The van der Waals surface area contributed by atoms with Gasteiger partial charge in [0.25, 0.3) is 0 Å². The van der Waals surface area contributed by atoms with Gasteiger partial charge in [-0.05, 0) is 67.2 Å². The van der Waals surface area contributed by atoms with Crippen LogP contribution in [0.5, 0.6) is 0 Å². The summed E-state index contributed by atoms with van der Waals surface area (Å²) in [6.07, 6.45) is 3.97. The maximum atomic E-state index is 3.59. The summed E-state index contributed by atoms with van der Waals surface area (Å²) in [5.74, 6) is 0.829. The molecule has 0 amide bonds. The number of hydrogen-bond donors (Lipinski definition) is 1. The topological polar surface area (TPSA) is 15.3 Å². The lowest BCUT2D eigenvalue weighted by Gasteiger charge is -2.32. The average molecular weight is 302 g/mol. The highest BCUT2D eigenvalue weighted by Gasteiger charge is 2.20. The largest absolute Gasteiger partial charge is 0.316 e. The van der Waals surface area contributed by atoms with E-state index >= 15 is 0 Å². The summed E-state index contributed by atoms with van der Waals surface area (Å²) >= 11 is 1.88. The molecule has 0 saturated carbocycles. The number of hydrogen-bond acceptors (Lipinski definition) is 3. The number of rotatable bonds is 6. The third kappa shape index (κ3) is 3.85. The van der Waals surface area contributed by atoms with Crippen LogP contribution in [0.2, 0.25) is 0 Å². The summed E-state index contributed by atoms with van der Waals surface area (Å²) in [6.45, 7) is 8.21. The molecule has 3 heteroatoms. The predicted octanol–water partition coefficient (Wildman–Crippen LogP) is 4.11. The Morgan fingerprint density at radius 3 is 3.14 bits per heavy atom. The highest BCUT2D eigenvalue weighted by molar-refractivity contribution is 7.17. The van der Waals surface area contributed by atoms with Gasteiger partial charge in [-0.2, -0.15) is 0 Å². The fraction of sp³-hybridized carbons (Fsp3) is 0.556. The second-order valence-corrected chi connectivity index (χ2v) is 7.12. The number of fused-ring (bicyclic) bond motifs is 1. The normalized spacial score (nSPS) is 20.1. The maximum Gasteiger partial charge on any atom is 0.0346 e. The summed E-state index contributed by atoms with van der Waals surface area (Å²) in [6, 6.07) is 8.80. The molecule has 0 aliphatic carbocycles. The van der Waals surface area contributed by atoms with E-state index in [0.29, 0.717) is 0 Å². The molecule has 21 heavy (non-hydrogen) atoms. The van der Waals surface area contributed by atoms with E-state index in [1.165, 1.54) is 54.5 Å². The van der Waals surface area contributed by atoms with Crippen LogP contribution in [0, 0.1) is 5.92 Å². The first-order valence-corrected chi connectivity index (χ1v) is 9.13. The fourth-order valence-corrected chi connectivity index (χ4v) is 4.29. The minimum atomic E-state index is 0.829. The van der Waals surface area contributed by atoms with Crippen LogP contribution in [0.15, 0.2) is 29.6 Å². The van der Waals surface area contributed by atoms with Crippen LogP contribution in [0.4, 0.5) is 0 Å². The molecule has 1 aliphatic rings. The number of nitrogens with one attached hydrogen (secondary N) is 1. The number of thiophene rings is 1. The molecule has 1 aromatic carbocycles. The van der Waals surface area contributed by atoms with Crippen LogP contribution in [0.1, 0.15) is 31.7 Å². The molecule has 0 bridgehead atoms. The number of nitrogens with zero attached hydrogens (tertiary/aromatic N) is 1. The van der Waals surface area contributed by atoms with Crippen molar-refractivity contribution in [3.63, 3.8) is 0 Å². The second-order valence-electron chi connectivity index (χ2n) is 6.20. The van der Waals surface area contributed by atoms with Gasteiger partial charge >= 0.3 is 0 Å². The maximum absolute atomic E-state index is 3.59. The monoisotopic (exact) mass is 302 g/mol. The third-order valence-corrected chi connectivity index (χ3v) is 5.43. The first kappa shape index (κ1) is 15.0. The molecule has 1 aromatic heterocycles. The van der Waals surface area contributed by atoms with Crippen molar-refractivity contribution in [1.29, 1.82) is 0 Å². The zero-order valence-corrected chi connectivity index (χ0v) is 13.8. The molecule has 2 aromatic rings. The molecule has 1 fully saturated rings. The average Bonchev–Trinajstić information content (AvgIpc) is 2.91. The first-order chi connectivity index (χ1) is 10.4. The Labute approximate surface area is 132 Å². The molecule has 2 nitrogen and oxygen atoms in total. The van der Waals surface area contributed by atoms with Crippen molar-refractivity contribution in [2.75, 3.05) is 26.2 Å². The van der Waals surface area contributed by atoms with E-state index in [2.05, 4.69) is 46.8 Å². The molecule has 114 valence electrons. The van der Waals surface area contributed by atoms with E-state index in [0.717, 1.165) is 19.0 Å². The molecule has 1 unspecified atom stereocenters. The van der Waals surface area contributed by atoms with E-state index in [1.807, 2.05) is 11.3 Å². The smallest absolute Gasteiger partial charge is 0.0346 e. The zero-order valence-electron chi connectivity index (χ0n) is 13.0. The van der Waals surface area contributed by atoms with E-state index in [1.54, 1.807) is 0 Å². The standard InChI is InChI=1S/C18H26N2S/c1-2-9-19-11-15-6-5-10-20(12-15)13-16-14-21-18-8-4-3-7-17(16)18/h3-4,7-8,14-15,19H,2,5-6,9-13H2,1H3. The minimum Gasteiger partial charge on any atom is -0.316 e. The Morgan fingerprint density at radius 1 is 1.33 bits per heavy atom. The Kier molecular flexibility index (Phi) is 5.28. The fourth-order valence-electron chi connectivity index (χ4n) is 3.34. The highest BCUT2D eigenvalue weighted by atomic mass is 32.1. The number of piperidine rings is 1. The van der Waals surface area contributed by atoms with Crippen LogP contribution < -0.4 is 5.32 Å². The minimum absolute atomic E-state index is 0.829. The van der Waals surface area contributed by atoms with Crippen LogP contribution in [-0.4, -0.2) is 31.1 Å². The lowest BCUT2D eigenvalue weighted by Crippen LogP contribution is -2.39. The van der Waals surface area contributed by atoms with Crippen molar-refractivity contribution in [2.24, 2.45) is 5.92 Å². The van der Waals surface area contributed by atoms with Gasteiger partial charge in [-0.15, -0.1) is 11.3 Å². The molecule has 1 saturated heterocycles. The summed E-state index contributed by atoms with van der Waals surface area (Å²) in [7, 11) is 0. The summed E-state index contributed by atoms with van der Waals surface area (Å²) in [5, 5.41) is 7.39. The van der Waals surface area contributed by atoms with Gasteiger partial charge in [-0.1, -0.05) is 25.1 Å². The summed E-state index contributed by atoms with van der Waals surface area (Å²) in [4.78, 5) is 2.65. The SMILES string of the molecule is CCCNCC1CCCN(Cc2csc3ccccc23)C1. The van der Waals surface area contributed by atoms with Crippen LogP contribution in [0.25, 0.3) is 10.1 Å². The van der Waals surface area contributed by atoms with E-state index in [9.17, 15) is 0 Å². The second kappa shape index (κ2) is 7.39. The lowest BCUT2D eigenvalue weighted by atomic mass is 9.97. The van der Waals surface area contributed by atoms with E-state index < -0.39 is 0 Å². The van der Waals surface area contributed by atoms with Gasteiger partial charge in [0, 0.05) is 17.8 Å². The van der Waals surface area contributed by atoms with Gasteiger partial charge in [-0.25, -0.2) is 0 Å². The Bertz CT molecular complexity index is 563. The predicted molar refractivity (Wildman–Crippen MR) is 93.0 cm³/mol. The molecule has 1 atom stereocenters. The Morgan fingerprint density at radius 2 is 2.24 bits per heavy atom. The molecule has 0 radical (unpaired) electrons. The molecule has 1 N–H and O–H groups in total. The molecule has 2 heterocycles. The summed E-state index contributed by atoms with van der Waals surface area (Å²) < 4.78 is 1.42. The molecule has 0 spiro atoms. The first-order valence-electron chi connectivity index (χ1n) is 8.25. The molecule has 3 rings (SSSR count). The van der Waals surface area contributed by atoms with Gasteiger partial charge in [0.2, 0.25) is 0 Å². The van der Waals surface area contributed by atoms with Crippen molar-refractivity contribution in [2.45, 2.75) is 32.7 Å². The Hall–Kier alpha value is -0.900. The van der Waals surface area contributed by atoms with Crippen molar-refractivity contribution in [1.82, 2.24) is 10.2 Å². The van der Waals surface area contributed by atoms with Crippen LogP contribution in [0.3, 0.4) is 0 Å². The van der Waals surface area contributed by atoms with Crippen LogP contribution >= 0.6 is 11.3 Å². The third-order valence-electron chi connectivity index (χ3n) is 4.42. The van der Waals surface area contributed by atoms with E-state index in [4.69, 9.17) is 0 Å². The number of benzene rings is 1. The van der Waals surface area contributed by atoms with Crippen LogP contribution in [-0.2, 0) is 6.54 Å². The highest BCUT2D eigenvalue weighted by Crippen LogP contribution is 2.28. The van der Waals surface area contributed by atoms with Gasteiger partial charge in [0.05, 0.1) is 0 Å². The quantitative estimate of drug-likeness (QED) is 0.808. The molecular weight excluding hydrogens is 276 g/mol. The van der Waals surface area contributed by atoms with Gasteiger partial charge in [0.1, 0.15) is 0 Å². The molecule has 1 aliphatic heterocycles.